The van der Waals surface area contributed by atoms with E-state index in [0.29, 0.717) is 6.42 Å². The second-order valence-electron chi connectivity index (χ2n) is 7.16. The molecule has 0 bridgehead atoms. The lowest BCUT2D eigenvalue weighted by Crippen LogP contribution is -2.31. The second kappa shape index (κ2) is 6.59. The van der Waals surface area contributed by atoms with Gasteiger partial charge in [0.1, 0.15) is 5.82 Å². The molecule has 136 valence electrons. The standard InChI is InChI=1S/C20H25N5O/c1-13-15(14(2)24(3)23-13)10-11-19(26)25-12-6-9-18(25)20-21-16-7-4-5-8-17(16)22-20/h4-5,7-8,18H,6,9-12H2,1-3H3,(H,21,22). The molecule has 3 aromatic rings. The maximum absolute atomic E-state index is 12.9. The highest BCUT2D eigenvalue weighted by Crippen LogP contribution is 2.32. The number of para-hydroxylation sites is 2. The number of likely N-dealkylation sites (tertiary alicyclic amines) is 1. The molecule has 1 fully saturated rings. The highest BCUT2D eigenvalue weighted by Gasteiger charge is 2.32. The molecule has 1 atom stereocenters. The Hall–Kier alpha value is -2.63. The van der Waals surface area contributed by atoms with Gasteiger partial charge >= 0.3 is 0 Å². The van der Waals surface area contributed by atoms with Crippen molar-refractivity contribution < 1.29 is 4.79 Å². The van der Waals surface area contributed by atoms with Gasteiger partial charge in [-0.2, -0.15) is 5.10 Å². The first kappa shape index (κ1) is 16.8. The number of nitrogens with one attached hydrogen (secondary N) is 1. The van der Waals surface area contributed by atoms with Crippen LogP contribution in [0.25, 0.3) is 11.0 Å². The fourth-order valence-electron chi connectivity index (χ4n) is 4.03. The molecule has 4 rings (SSSR count). The molecule has 1 amide bonds. The first-order valence-electron chi connectivity index (χ1n) is 9.28. The summed E-state index contributed by atoms with van der Waals surface area (Å²) in [5, 5.41) is 4.45. The third-order valence-corrected chi connectivity index (χ3v) is 5.54. The fourth-order valence-corrected chi connectivity index (χ4v) is 4.03. The highest BCUT2D eigenvalue weighted by molar-refractivity contribution is 5.78. The summed E-state index contributed by atoms with van der Waals surface area (Å²) in [5.74, 6) is 1.11. The van der Waals surface area contributed by atoms with Crippen molar-refractivity contribution in [3.63, 3.8) is 0 Å². The van der Waals surface area contributed by atoms with Crippen LogP contribution in [0.4, 0.5) is 0 Å². The molecule has 0 saturated carbocycles. The van der Waals surface area contributed by atoms with Gasteiger partial charge in [-0.1, -0.05) is 12.1 Å². The van der Waals surface area contributed by atoms with Crippen LogP contribution < -0.4 is 0 Å². The molecule has 0 spiro atoms. The summed E-state index contributed by atoms with van der Waals surface area (Å²) in [6.07, 6.45) is 3.26. The molecule has 1 aliphatic rings. The Morgan fingerprint density at radius 2 is 2.12 bits per heavy atom. The van der Waals surface area contributed by atoms with E-state index in [1.807, 2.05) is 47.8 Å². The first-order chi connectivity index (χ1) is 12.5. The van der Waals surface area contributed by atoms with Gasteiger partial charge < -0.3 is 9.88 Å². The van der Waals surface area contributed by atoms with Crippen molar-refractivity contribution in [3.05, 3.63) is 47.0 Å². The van der Waals surface area contributed by atoms with Crippen molar-refractivity contribution in [2.24, 2.45) is 7.05 Å². The predicted molar refractivity (Wildman–Crippen MR) is 101 cm³/mol. The molecular weight excluding hydrogens is 326 g/mol. The largest absolute Gasteiger partial charge is 0.340 e. The monoisotopic (exact) mass is 351 g/mol. The summed E-state index contributed by atoms with van der Waals surface area (Å²) >= 11 is 0. The lowest BCUT2D eigenvalue weighted by atomic mass is 10.1. The predicted octanol–water partition coefficient (Wildman–Crippen LogP) is 3.21. The molecule has 6 nitrogen and oxygen atoms in total. The summed E-state index contributed by atoms with van der Waals surface area (Å²) in [6.45, 7) is 4.89. The Morgan fingerprint density at radius 1 is 1.31 bits per heavy atom. The van der Waals surface area contributed by atoms with Gasteiger partial charge in [-0.3, -0.25) is 9.48 Å². The van der Waals surface area contributed by atoms with Gasteiger partial charge in [0, 0.05) is 25.7 Å². The normalized spacial score (nSPS) is 17.3. The summed E-state index contributed by atoms with van der Waals surface area (Å²) in [5.41, 5.74) is 5.35. The Balaban J connectivity index is 1.49. The lowest BCUT2D eigenvalue weighted by Gasteiger charge is -2.23. The topological polar surface area (TPSA) is 66.8 Å². The van der Waals surface area contributed by atoms with Gasteiger partial charge in [0.2, 0.25) is 5.91 Å². The number of aromatic amines is 1. The number of aromatic nitrogens is 4. The van der Waals surface area contributed by atoms with E-state index in [4.69, 9.17) is 4.98 Å². The quantitative estimate of drug-likeness (QED) is 0.785. The number of benzene rings is 1. The molecule has 1 unspecified atom stereocenters. The van der Waals surface area contributed by atoms with E-state index in [2.05, 4.69) is 17.0 Å². The van der Waals surface area contributed by atoms with Gasteiger partial charge in [-0.15, -0.1) is 0 Å². The molecule has 0 radical (unpaired) electrons. The molecule has 3 heterocycles. The average molecular weight is 351 g/mol. The molecular formula is C20H25N5O. The minimum Gasteiger partial charge on any atom is -0.340 e. The van der Waals surface area contributed by atoms with Crippen molar-refractivity contribution in [2.75, 3.05) is 6.54 Å². The van der Waals surface area contributed by atoms with Crippen molar-refractivity contribution >= 4 is 16.9 Å². The number of amides is 1. The van der Waals surface area contributed by atoms with Crippen LogP contribution in [0.2, 0.25) is 0 Å². The molecule has 1 aromatic carbocycles. The third kappa shape index (κ3) is 2.89. The summed E-state index contributed by atoms with van der Waals surface area (Å²) in [6, 6.07) is 8.08. The Bertz CT molecular complexity index is 921. The van der Waals surface area contributed by atoms with Gasteiger partial charge in [-0.25, -0.2) is 4.98 Å². The zero-order chi connectivity index (χ0) is 18.3. The van der Waals surface area contributed by atoms with E-state index in [0.717, 1.165) is 54.1 Å². The maximum Gasteiger partial charge on any atom is 0.223 e. The van der Waals surface area contributed by atoms with E-state index in [-0.39, 0.29) is 11.9 Å². The Kier molecular flexibility index (Phi) is 4.26. The van der Waals surface area contributed by atoms with Crippen molar-refractivity contribution in [3.8, 4) is 0 Å². The number of aryl methyl sites for hydroxylation is 2. The zero-order valence-electron chi connectivity index (χ0n) is 15.6. The summed E-state index contributed by atoms with van der Waals surface area (Å²) < 4.78 is 1.89. The number of carbonyl (C=O) groups is 1. The molecule has 1 N–H and O–H groups in total. The Labute approximate surface area is 153 Å². The van der Waals surface area contributed by atoms with E-state index in [1.54, 1.807) is 0 Å². The SMILES string of the molecule is Cc1nn(C)c(C)c1CCC(=O)N1CCCC1c1nc2ccccc2[nH]1. The highest BCUT2D eigenvalue weighted by atomic mass is 16.2. The van der Waals surface area contributed by atoms with E-state index >= 15 is 0 Å². The number of rotatable bonds is 4. The zero-order valence-corrected chi connectivity index (χ0v) is 15.6. The van der Waals surface area contributed by atoms with Crippen LogP contribution in [0, 0.1) is 13.8 Å². The molecule has 26 heavy (non-hydrogen) atoms. The fraction of sp³-hybridized carbons (Fsp3) is 0.450. The summed E-state index contributed by atoms with van der Waals surface area (Å²) in [4.78, 5) is 23.0. The lowest BCUT2D eigenvalue weighted by molar-refractivity contribution is -0.132. The molecule has 6 heteroatoms. The smallest absolute Gasteiger partial charge is 0.223 e. The van der Waals surface area contributed by atoms with Crippen LogP contribution in [0.15, 0.2) is 24.3 Å². The van der Waals surface area contributed by atoms with Crippen molar-refractivity contribution in [2.45, 2.75) is 45.6 Å². The van der Waals surface area contributed by atoms with E-state index in [9.17, 15) is 4.79 Å². The van der Waals surface area contributed by atoms with Crippen molar-refractivity contribution in [1.82, 2.24) is 24.6 Å². The van der Waals surface area contributed by atoms with Gasteiger partial charge in [0.05, 0.1) is 22.8 Å². The number of fused-ring (bicyclic) bond motifs is 1. The van der Waals surface area contributed by atoms with Crippen molar-refractivity contribution in [1.29, 1.82) is 0 Å². The molecule has 0 aliphatic carbocycles. The van der Waals surface area contributed by atoms with Crippen LogP contribution in [-0.2, 0) is 18.3 Å². The van der Waals surface area contributed by atoms with Crippen LogP contribution in [0.5, 0.6) is 0 Å². The number of hydrogen-bond acceptors (Lipinski definition) is 3. The number of H-pyrrole nitrogens is 1. The minimum absolute atomic E-state index is 0.0611. The first-order valence-corrected chi connectivity index (χ1v) is 9.28. The minimum atomic E-state index is 0.0611. The van der Waals surface area contributed by atoms with Crippen LogP contribution in [0.3, 0.4) is 0 Å². The summed E-state index contributed by atoms with van der Waals surface area (Å²) in [7, 11) is 1.95. The van der Waals surface area contributed by atoms with Crippen LogP contribution in [-0.4, -0.2) is 37.1 Å². The van der Waals surface area contributed by atoms with Gasteiger partial charge in [-0.05, 0) is 50.8 Å². The molecule has 2 aromatic heterocycles. The van der Waals surface area contributed by atoms with Crippen LogP contribution in [0.1, 0.15) is 48.1 Å². The van der Waals surface area contributed by atoms with E-state index in [1.165, 1.54) is 5.56 Å². The average Bonchev–Trinajstić information content (AvgIpc) is 3.32. The number of imidazole rings is 1. The number of hydrogen-bond donors (Lipinski definition) is 1. The van der Waals surface area contributed by atoms with Gasteiger partial charge in [0.25, 0.3) is 0 Å². The third-order valence-electron chi connectivity index (χ3n) is 5.54. The Morgan fingerprint density at radius 3 is 2.85 bits per heavy atom. The number of nitrogens with zero attached hydrogens (tertiary/aromatic N) is 4. The molecule has 1 aliphatic heterocycles. The second-order valence-corrected chi connectivity index (χ2v) is 7.16. The maximum atomic E-state index is 12.9. The van der Waals surface area contributed by atoms with Gasteiger partial charge in [0.15, 0.2) is 0 Å². The van der Waals surface area contributed by atoms with E-state index < -0.39 is 0 Å². The van der Waals surface area contributed by atoms with Crippen LogP contribution >= 0.6 is 0 Å². The molecule has 1 saturated heterocycles. The number of carbonyl (C=O) groups excluding carboxylic acids is 1.